The molecule has 0 bridgehead atoms. The summed E-state index contributed by atoms with van der Waals surface area (Å²) < 4.78 is 0. The lowest BCUT2D eigenvalue weighted by atomic mass is 10.3. The Kier molecular flexibility index (Phi) is 3.42. The fourth-order valence-corrected chi connectivity index (χ4v) is 2.51. The van der Waals surface area contributed by atoms with Crippen molar-refractivity contribution in [3.8, 4) is 0 Å². The number of carbonyl (C=O) groups excluding carboxylic acids is 1. The van der Waals surface area contributed by atoms with Crippen molar-refractivity contribution in [3.05, 3.63) is 5.82 Å². The van der Waals surface area contributed by atoms with Gasteiger partial charge in [-0.15, -0.1) is 22.0 Å². The number of H-pyrrole nitrogens is 1. The maximum atomic E-state index is 11.7. The Labute approximate surface area is 99.9 Å². The third kappa shape index (κ3) is 2.64. The minimum atomic E-state index is -0.996. The van der Waals surface area contributed by atoms with Gasteiger partial charge in [-0.3, -0.25) is 0 Å². The predicted molar refractivity (Wildman–Crippen MR) is 57.0 cm³/mol. The summed E-state index contributed by atoms with van der Waals surface area (Å²) in [6.07, 6.45) is 0. The van der Waals surface area contributed by atoms with Gasteiger partial charge in [-0.2, -0.15) is 5.21 Å². The molecule has 2 heterocycles. The van der Waals surface area contributed by atoms with Gasteiger partial charge in [0, 0.05) is 5.75 Å². The lowest BCUT2D eigenvalue weighted by Crippen LogP contribution is -2.46. The third-order valence-electron chi connectivity index (χ3n) is 2.22. The molecule has 0 spiro atoms. The maximum Gasteiger partial charge on any atom is 0.327 e. The SMILES string of the molecule is O=C(O)[C@@H]1CSCN1C(=O)NCc1nn[nH]n1. The minimum Gasteiger partial charge on any atom is -0.480 e. The second-order valence-corrected chi connectivity index (χ2v) is 4.31. The van der Waals surface area contributed by atoms with Gasteiger partial charge in [0.1, 0.15) is 6.04 Å². The predicted octanol–water partition coefficient (Wildman–Crippen LogP) is -1.13. The number of hydrogen-bond acceptors (Lipinski definition) is 6. The molecule has 0 aliphatic carbocycles. The largest absolute Gasteiger partial charge is 0.480 e. The first kappa shape index (κ1) is 11.6. The molecule has 9 nitrogen and oxygen atoms in total. The Morgan fingerprint density at radius 1 is 1.65 bits per heavy atom. The van der Waals surface area contributed by atoms with Crippen LogP contribution in [-0.4, -0.2) is 60.3 Å². The Morgan fingerprint density at radius 2 is 2.47 bits per heavy atom. The summed E-state index contributed by atoms with van der Waals surface area (Å²) in [4.78, 5) is 23.9. The first-order chi connectivity index (χ1) is 8.18. The standard InChI is InChI=1S/C7H10N6O3S/c14-6(15)4-2-17-3-13(4)7(16)8-1-5-9-11-12-10-5/h4H,1-3H2,(H,8,16)(H,14,15)(H,9,10,11,12)/t4-/m0/s1. The fraction of sp³-hybridized carbons (Fsp3) is 0.571. The molecule has 2 amide bonds. The lowest BCUT2D eigenvalue weighted by Gasteiger charge is -2.20. The molecular weight excluding hydrogens is 248 g/mol. The summed E-state index contributed by atoms with van der Waals surface area (Å²) in [6.45, 7) is 0.114. The number of nitrogens with zero attached hydrogens (tertiary/aromatic N) is 4. The highest BCUT2D eigenvalue weighted by molar-refractivity contribution is 7.99. The van der Waals surface area contributed by atoms with Crippen LogP contribution in [0.2, 0.25) is 0 Å². The van der Waals surface area contributed by atoms with Gasteiger partial charge in [0.2, 0.25) is 0 Å². The number of aromatic nitrogens is 4. The maximum absolute atomic E-state index is 11.7. The normalized spacial score (nSPS) is 19.3. The summed E-state index contributed by atoms with van der Waals surface area (Å²) in [5, 5.41) is 24.4. The monoisotopic (exact) mass is 258 g/mol. The molecule has 1 aliphatic heterocycles. The number of urea groups is 1. The van der Waals surface area contributed by atoms with E-state index in [0.29, 0.717) is 17.5 Å². The van der Waals surface area contributed by atoms with E-state index in [0.717, 1.165) is 0 Å². The molecule has 92 valence electrons. The Morgan fingerprint density at radius 3 is 3.12 bits per heavy atom. The van der Waals surface area contributed by atoms with Crippen molar-refractivity contribution in [2.45, 2.75) is 12.6 Å². The molecule has 1 saturated heterocycles. The van der Waals surface area contributed by atoms with E-state index in [4.69, 9.17) is 5.11 Å². The molecule has 0 unspecified atom stereocenters. The number of tetrazole rings is 1. The van der Waals surface area contributed by atoms with Crippen molar-refractivity contribution >= 4 is 23.8 Å². The van der Waals surface area contributed by atoms with Crippen LogP contribution in [0.1, 0.15) is 5.82 Å². The van der Waals surface area contributed by atoms with Gasteiger partial charge < -0.3 is 15.3 Å². The molecule has 17 heavy (non-hydrogen) atoms. The van der Waals surface area contributed by atoms with Gasteiger partial charge >= 0.3 is 12.0 Å². The number of aliphatic carboxylic acids is 1. The number of aromatic amines is 1. The number of carboxylic acid groups (broad SMARTS) is 1. The van der Waals surface area contributed by atoms with Crippen molar-refractivity contribution in [3.63, 3.8) is 0 Å². The summed E-state index contributed by atoms with van der Waals surface area (Å²) in [5.41, 5.74) is 0. The highest BCUT2D eigenvalue weighted by Gasteiger charge is 2.34. The number of amides is 2. The summed E-state index contributed by atoms with van der Waals surface area (Å²) in [5.74, 6) is 0.127. The van der Waals surface area contributed by atoms with Crippen molar-refractivity contribution in [2.75, 3.05) is 11.6 Å². The van der Waals surface area contributed by atoms with Gasteiger partial charge in [-0.25, -0.2) is 9.59 Å². The Bertz CT molecular complexity index is 410. The fourth-order valence-electron chi connectivity index (χ4n) is 1.36. The second-order valence-electron chi connectivity index (χ2n) is 3.31. The first-order valence-corrected chi connectivity index (χ1v) is 5.91. The number of carbonyl (C=O) groups is 2. The van der Waals surface area contributed by atoms with E-state index >= 15 is 0 Å². The number of nitrogens with one attached hydrogen (secondary N) is 2. The van der Waals surface area contributed by atoms with Crippen molar-refractivity contribution in [1.29, 1.82) is 0 Å². The quantitative estimate of drug-likeness (QED) is 0.626. The van der Waals surface area contributed by atoms with E-state index in [1.165, 1.54) is 16.7 Å². The molecular formula is C7H10N6O3S. The van der Waals surface area contributed by atoms with E-state index < -0.39 is 18.0 Å². The molecule has 1 aromatic rings. The third-order valence-corrected chi connectivity index (χ3v) is 3.23. The van der Waals surface area contributed by atoms with Crippen LogP contribution < -0.4 is 5.32 Å². The van der Waals surface area contributed by atoms with Crippen LogP contribution in [0, 0.1) is 0 Å². The van der Waals surface area contributed by atoms with Gasteiger partial charge in [-0.1, -0.05) is 5.21 Å². The molecule has 10 heteroatoms. The number of thioether (sulfide) groups is 1. The number of rotatable bonds is 3. The van der Waals surface area contributed by atoms with Crippen molar-refractivity contribution < 1.29 is 14.7 Å². The van der Waals surface area contributed by atoms with Crippen LogP contribution in [0.3, 0.4) is 0 Å². The molecule has 0 aromatic carbocycles. The Balaban J connectivity index is 1.89. The highest BCUT2D eigenvalue weighted by Crippen LogP contribution is 2.20. The van der Waals surface area contributed by atoms with Crippen LogP contribution in [0.25, 0.3) is 0 Å². The van der Waals surface area contributed by atoms with Gasteiger partial charge in [-0.05, 0) is 0 Å². The first-order valence-electron chi connectivity index (χ1n) is 4.76. The summed E-state index contributed by atoms with van der Waals surface area (Å²) in [7, 11) is 0. The van der Waals surface area contributed by atoms with E-state index in [1.807, 2.05) is 0 Å². The smallest absolute Gasteiger partial charge is 0.327 e. The zero-order valence-electron chi connectivity index (χ0n) is 8.66. The molecule has 1 atom stereocenters. The van der Waals surface area contributed by atoms with Crippen LogP contribution in [0.15, 0.2) is 0 Å². The van der Waals surface area contributed by atoms with Gasteiger partial charge in [0.25, 0.3) is 0 Å². The molecule has 2 rings (SSSR count). The zero-order valence-corrected chi connectivity index (χ0v) is 9.48. The molecule has 0 radical (unpaired) electrons. The van der Waals surface area contributed by atoms with Crippen LogP contribution in [-0.2, 0) is 11.3 Å². The van der Waals surface area contributed by atoms with Crippen LogP contribution in [0.4, 0.5) is 4.79 Å². The van der Waals surface area contributed by atoms with Gasteiger partial charge in [0.05, 0.1) is 12.4 Å². The zero-order chi connectivity index (χ0) is 12.3. The lowest BCUT2D eigenvalue weighted by molar-refractivity contribution is -0.140. The average molecular weight is 258 g/mol. The average Bonchev–Trinajstić information content (AvgIpc) is 2.96. The number of carboxylic acids is 1. The summed E-state index contributed by atoms with van der Waals surface area (Å²) >= 11 is 1.40. The van der Waals surface area contributed by atoms with Crippen molar-refractivity contribution in [1.82, 2.24) is 30.8 Å². The number of hydrogen-bond donors (Lipinski definition) is 3. The van der Waals surface area contributed by atoms with E-state index in [2.05, 4.69) is 25.9 Å². The summed E-state index contributed by atoms with van der Waals surface area (Å²) in [6, 6.07) is -1.21. The van der Waals surface area contributed by atoms with Crippen molar-refractivity contribution in [2.24, 2.45) is 0 Å². The minimum absolute atomic E-state index is 0.114. The molecule has 1 aromatic heterocycles. The van der Waals surface area contributed by atoms with Crippen LogP contribution >= 0.6 is 11.8 Å². The Hall–Kier alpha value is -1.84. The topological polar surface area (TPSA) is 124 Å². The molecule has 0 saturated carbocycles. The van der Waals surface area contributed by atoms with Gasteiger partial charge in [0.15, 0.2) is 5.82 Å². The second kappa shape index (κ2) is 4.99. The molecule has 1 aliphatic rings. The molecule has 1 fully saturated rings. The van der Waals surface area contributed by atoms with Crippen LogP contribution in [0.5, 0.6) is 0 Å². The highest BCUT2D eigenvalue weighted by atomic mass is 32.2. The van der Waals surface area contributed by atoms with E-state index in [1.54, 1.807) is 0 Å². The van der Waals surface area contributed by atoms with E-state index in [9.17, 15) is 9.59 Å². The van der Waals surface area contributed by atoms with E-state index in [-0.39, 0.29) is 6.54 Å². The molecule has 3 N–H and O–H groups in total.